The maximum absolute atomic E-state index is 13.0. The fraction of sp³-hybridized carbons (Fsp3) is 0.310. The van der Waals surface area contributed by atoms with Gasteiger partial charge in [-0.15, -0.1) is 10.2 Å². The normalized spacial score (nSPS) is 11.0. The molecule has 0 atom stereocenters. The zero-order valence-corrected chi connectivity index (χ0v) is 22.4. The molecule has 0 bridgehead atoms. The number of methoxy groups -OCH3 is 1. The Morgan fingerprint density at radius 3 is 2.18 bits per heavy atom. The van der Waals surface area contributed by atoms with E-state index < -0.39 is 6.09 Å². The predicted molar refractivity (Wildman–Crippen MR) is 150 cm³/mol. The van der Waals surface area contributed by atoms with Crippen LogP contribution < -0.4 is 19.7 Å². The van der Waals surface area contributed by atoms with Crippen LogP contribution in [-0.2, 0) is 0 Å². The molecule has 0 spiro atoms. The maximum Gasteiger partial charge on any atom is 0.417 e. The molecule has 0 aliphatic carbocycles. The molecule has 0 saturated carbocycles. The largest absolute Gasteiger partial charge is 0.497 e. The molecular formula is C29H34N6O3. The van der Waals surface area contributed by atoms with Crippen molar-refractivity contribution in [3.05, 3.63) is 66.7 Å². The lowest BCUT2D eigenvalue weighted by atomic mass is 9.98. The van der Waals surface area contributed by atoms with Crippen LogP contribution in [-0.4, -0.2) is 46.9 Å². The molecule has 38 heavy (non-hydrogen) atoms. The highest BCUT2D eigenvalue weighted by atomic mass is 16.6. The van der Waals surface area contributed by atoms with E-state index in [1.165, 1.54) is 0 Å². The van der Waals surface area contributed by atoms with Crippen LogP contribution in [0.1, 0.15) is 27.7 Å². The zero-order chi connectivity index (χ0) is 27.1. The minimum absolute atomic E-state index is 0.421. The molecule has 3 aromatic carbocycles. The standard InChI is InChI=1S/C29H34N6O3/c1-19(2)17-35(18-20(3)4)27-15-10-21(24-8-6-7-9-25(24)28-31-33-34-32-28)16-26(27)30-29(36)38-23-13-11-22(37-5)12-14-23/h6-16,19-20H,17-18H2,1-5H3,(H,30,36)(H,31,32,33,34). The van der Waals surface area contributed by atoms with Crippen molar-refractivity contribution < 1.29 is 14.3 Å². The molecule has 198 valence electrons. The number of amides is 1. The second kappa shape index (κ2) is 12.2. The summed E-state index contributed by atoms with van der Waals surface area (Å²) in [5, 5.41) is 17.5. The van der Waals surface area contributed by atoms with Gasteiger partial charge in [0.25, 0.3) is 0 Å². The zero-order valence-electron chi connectivity index (χ0n) is 22.4. The topological polar surface area (TPSA) is 105 Å². The molecule has 1 aromatic heterocycles. The number of carbonyl (C=O) groups is 1. The van der Waals surface area contributed by atoms with Gasteiger partial charge in [-0.3, -0.25) is 5.32 Å². The molecule has 1 amide bonds. The van der Waals surface area contributed by atoms with Crippen LogP contribution in [0.3, 0.4) is 0 Å². The third-order valence-electron chi connectivity index (χ3n) is 5.84. The van der Waals surface area contributed by atoms with E-state index in [1.54, 1.807) is 31.4 Å². The average Bonchev–Trinajstić information content (AvgIpc) is 3.43. The van der Waals surface area contributed by atoms with Gasteiger partial charge in [-0.2, -0.15) is 5.21 Å². The molecule has 9 heteroatoms. The van der Waals surface area contributed by atoms with Crippen LogP contribution >= 0.6 is 0 Å². The number of benzene rings is 3. The summed E-state index contributed by atoms with van der Waals surface area (Å²) >= 11 is 0. The monoisotopic (exact) mass is 514 g/mol. The summed E-state index contributed by atoms with van der Waals surface area (Å²) in [5.74, 6) is 2.48. The van der Waals surface area contributed by atoms with Gasteiger partial charge in [0.1, 0.15) is 11.5 Å². The number of hydrogen-bond acceptors (Lipinski definition) is 7. The van der Waals surface area contributed by atoms with Crippen molar-refractivity contribution in [2.24, 2.45) is 11.8 Å². The van der Waals surface area contributed by atoms with E-state index in [0.29, 0.717) is 34.8 Å². The first-order valence-electron chi connectivity index (χ1n) is 12.7. The summed E-state index contributed by atoms with van der Waals surface area (Å²) in [6.07, 6.45) is -0.575. The molecule has 0 unspecified atom stereocenters. The number of tetrazole rings is 1. The van der Waals surface area contributed by atoms with Crippen molar-refractivity contribution in [3.8, 4) is 34.0 Å². The third-order valence-corrected chi connectivity index (χ3v) is 5.84. The van der Waals surface area contributed by atoms with E-state index in [2.05, 4.69) is 70.7 Å². The summed E-state index contributed by atoms with van der Waals surface area (Å²) in [6.45, 7) is 10.4. The highest BCUT2D eigenvalue weighted by Crippen LogP contribution is 2.36. The van der Waals surface area contributed by atoms with Gasteiger partial charge < -0.3 is 14.4 Å². The van der Waals surface area contributed by atoms with E-state index in [1.807, 2.05) is 30.3 Å². The Morgan fingerprint density at radius 2 is 1.58 bits per heavy atom. The smallest absolute Gasteiger partial charge is 0.417 e. The van der Waals surface area contributed by atoms with Gasteiger partial charge in [-0.1, -0.05) is 58.0 Å². The highest BCUT2D eigenvalue weighted by Gasteiger charge is 2.19. The van der Waals surface area contributed by atoms with Gasteiger partial charge in [0, 0.05) is 18.7 Å². The van der Waals surface area contributed by atoms with E-state index in [-0.39, 0.29) is 0 Å². The summed E-state index contributed by atoms with van der Waals surface area (Å²) in [5.41, 5.74) is 4.25. The molecule has 0 aliphatic rings. The highest BCUT2D eigenvalue weighted by molar-refractivity contribution is 5.94. The molecule has 0 radical (unpaired) electrons. The number of hydrogen-bond donors (Lipinski definition) is 2. The van der Waals surface area contributed by atoms with E-state index >= 15 is 0 Å². The van der Waals surface area contributed by atoms with Crippen molar-refractivity contribution in [2.75, 3.05) is 30.4 Å². The van der Waals surface area contributed by atoms with Crippen LogP contribution in [0.15, 0.2) is 66.7 Å². The van der Waals surface area contributed by atoms with Crippen molar-refractivity contribution in [3.63, 3.8) is 0 Å². The number of aromatic amines is 1. The number of H-pyrrole nitrogens is 1. The Kier molecular flexibility index (Phi) is 8.58. The Hall–Kier alpha value is -4.40. The van der Waals surface area contributed by atoms with Gasteiger partial charge in [0.15, 0.2) is 0 Å². The molecule has 2 N–H and O–H groups in total. The lowest BCUT2D eigenvalue weighted by molar-refractivity contribution is 0.215. The second-order valence-electron chi connectivity index (χ2n) is 9.90. The number of anilines is 2. The fourth-order valence-corrected chi connectivity index (χ4v) is 4.32. The molecule has 9 nitrogen and oxygen atoms in total. The van der Waals surface area contributed by atoms with Gasteiger partial charge in [-0.05, 0) is 64.6 Å². The molecule has 4 rings (SSSR count). The van der Waals surface area contributed by atoms with Crippen molar-refractivity contribution in [1.29, 1.82) is 0 Å². The summed E-state index contributed by atoms with van der Waals surface area (Å²) in [6, 6.07) is 20.8. The van der Waals surface area contributed by atoms with E-state index in [0.717, 1.165) is 35.5 Å². The van der Waals surface area contributed by atoms with Crippen LogP contribution in [0, 0.1) is 11.8 Å². The number of rotatable bonds is 10. The molecule has 0 saturated heterocycles. The minimum Gasteiger partial charge on any atom is -0.497 e. The molecule has 0 fully saturated rings. The average molecular weight is 515 g/mol. The van der Waals surface area contributed by atoms with Crippen LogP contribution in [0.4, 0.5) is 16.2 Å². The van der Waals surface area contributed by atoms with Gasteiger partial charge >= 0.3 is 6.09 Å². The first-order chi connectivity index (χ1) is 18.3. The Labute approximate surface area is 223 Å². The van der Waals surface area contributed by atoms with Crippen molar-refractivity contribution >= 4 is 17.5 Å². The quantitative estimate of drug-likeness (QED) is 0.257. The number of carbonyl (C=O) groups excluding carboxylic acids is 1. The number of ether oxygens (including phenoxy) is 2. The molecule has 0 aliphatic heterocycles. The Balaban J connectivity index is 1.72. The van der Waals surface area contributed by atoms with Crippen LogP contribution in [0.25, 0.3) is 22.5 Å². The SMILES string of the molecule is COc1ccc(OC(=O)Nc2cc(-c3ccccc3-c3nn[nH]n3)ccc2N(CC(C)C)CC(C)C)cc1. The summed E-state index contributed by atoms with van der Waals surface area (Å²) < 4.78 is 10.8. The molecule has 1 heterocycles. The van der Waals surface area contributed by atoms with E-state index in [4.69, 9.17) is 9.47 Å². The Morgan fingerprint density at radius 1 is 0.921 bits per heavy atom. The second-order valence-corrected chi connectivity index (χ2v) is 9.90. The number of aromatic nitrogens is 4. The van der Waals surface area contributed by atoms with Gasteiger partial charge in [0.2, 0.25) is 5.82 Å². The summed E-state index contributed by atoms with van der Waals surface area (Å²) in [4.78, 5) is 15.4. The Bertz CT molecular complexity index is 1330. The van der Waals surface area contributed by atoms with Crippen LogP contribution in [0.2, 0.25) is 0 Å². The van der Waals surface area contributed by atoms with Gasteiger partial charge in [-0.25, -0.2) is 4.79 Å². The van der Waals surface area contributed by atoms with Crippen molar-refractivity contribution in [1.82, 2.24) is 20.6 Å². The summed E-state index contributed by atoms with van der Waals surface area (Å²) in [7, 11) is 1.59. The maximum atomic E-state index is 13.0. The number of nitrogens with one attached hydrogen (secondary N) is 2. The lowest BCUT2D eigenvalue weighted by Crippen LogP contribution is -2.32. The van der Waals surface area contributed by atoms with Crippen LogP contribution in [0.5, 0.6) is 11.5 Å². The first kappa shape index (κ1) is 26.7. The van der Waals surface area contributed by atoms with Crippen molar-refractivity contribution in [2.45, 2.75) is 27.7 Å². The third kappa shape index (κ3) is 6.67. The lowest BCUT2D eigenvalue weighted by Gasteiger charge is -2.30. The molecule has 4 aromatic rings. The number of nitrogens with zero attached hydrogens (tertiary/aromatic N) is 4. The molecular weight excluding hydrogens is 480 g/mol. The fourth-order valence-electron chi connectivity index (χ4n) is 4.32. The first-order valence-corrected chi connectivity index (χ1v) is 12.7. The van der Waals surface area contributed by atoms with Gasteiger partial charge in [0.05, 0.1) is 18.5 Å². The predicted octanol–water partition coefficient (Wildman–Crippen LogP) is 6.27. The van der Waals surface area contributed by atoms with E-state index in [9.17, 15) is 4.79 Å². The minimum atomic E-state index is -0.575.